The average molecular weight is 285 g/mol. The summed E-state index contributed by atoms with van der Waals surface area (Å²) in [7, 11) is 1.52. The first kappa shape index (κ1) is 14.8. The molecule has 1 aromatic carbocycles. The molecule has 0 bridgehead atoms. The number of benzene rings is 1. The van der Waals surface area contributed by atoms with E-state index in [0.29, 0.717) is 18.1 Å². The van der Waals surface area contributed by atoms with Crippen molar-refractivity contribution in [3.05, 3.63) is 54.2 Å². The van der Waals surface area contributed by atoms with Crippen LogP contribution in [0.5, 0.6) is 5.88 Å². The number of urea groups is 1. The molecule has 0 aliphatic heterocycles. The predicted octanol–water partition coefficient (Wildman–Crippen LogP) is 3.02. The summed E-state index contributed by atoms with van der Waals surface area (Å²) in [5.74, 6) is 0.636. The van der Waals surface area contributed by atoms with Gasteiger partial charge in [-0.05, 0) is 23.6 Å². The topological polar surface area (TPSA) is 63.2 Å². The lowest BCUT2D eigenvalue weighted by Gasteiger charge is -2.14. The van der Waals surface area contributed by atoms with E-state index in [1.165, 1.54) is 12.7 Å². The first-order valence-electron chi connectivity index (χ1n) is 6.79. The van der Waals surface area contributed by atoms with E-state index in [-0.39, 0.29) is 11.9 Å². The summed E-state index contributed by atoms with van der Waals surface area (Å²) in [6, 6.07) is 13.3. The Morgan fingerprint density at radius 2 is 2.00 bits per heavy atom. The molecule has 110 valence electrons. The van der Waals surface area contributed by atoms with Gasteiger partial charge < -0.3 is 15.4 Å². The van der Waals surface area contributed by atoms with Crippen molar-refractivity contribution in [3.63, 3.8) is 0 Å². The summed E-state index contributed by atoms with van der Waals surface area (Å²) in [5.41, 5.74) is 1.74. The second-order valence-corrected chi connectivity index (χ2v) is 4.71. The molecule has 2 N–H and O–H groups in total. The predicted molar refractivity (Wildman–Crippen MR) is 82.7 cm³/mol. The quantitative estimate of drug-likeness (QED) is 0.887. The molecule has 0 fully saturated rings. The van der Waals surface area contributed by atoms with Gasteiger partial charge in [0.25, 0.3) is 0 Å². The fourth-order valence-electron chi connectivity index (χ4n) is 1.96. The van der Waals surface area contributed by atoms with Crippen LogP contribution in [-0.4, -0.2) is 24.7 Å². The third-order valence-electron chi connectivity index (χ3n) is 3.15. The van der Waals surface area contributed by atoms with Gasteiger partial charge in [-0.25, -0.2) is 9.78 Å². The Bertz CT molecular complexity index is 587. The third kappa shape index (κ3) is 4.21. The van der Waals surface area contributed by atoms with E-state index in [9.17, 15) is 4.79 Å². The fourth-order valence-corrected chi connectivity index (χ4v) is 1.96. The molecule has 2 rings (SSSR count). The number of pyridine rings is 1. The number of ether oxygens (including phenoxy) is 1. The monoisotopic (exact) mass is 285 g/mol. The van der Waals surface area contributed by atoms with E-state index < -0.39 is 0 Å². The summed E-state index contributed by atoms with van der Waals surface area (Å²) in [5, 5.41) is 5.58. The molecule has 0 saturated heterocycles. The van der Waals surface area contributed by atoms with Gasteiger partial charge in [0.15, 0.2) is 0 Å². The standard InChI is InChI=1S/C16H19N3O2/c1-12(13-7-4-3-5-8-13)11-18-16(20)19-14-9-6-10-17-15(14)21-2/h3-10,12H,11H2,1-2H3,(H2,18,19,20)/t12-/m1/s1. The lowest BCUT2D eigenvalue weighted by molar-refractivity contribution is 0.251. The Balaban J connectivity index is 1.88. The van der Waals surface area contributed by atoms with Crippen molar-refractivity contribution in [1.82, 2.24) is 10.3 Å². The summed E-state index contributed by atoms with van der Waals surface area (Å²) >= 11 is 0. The van der Waals surface area contributed by atoms with Crippen LogP contribution >= 0.6 is 0 Å². The maximum atomic E-state index is 11.9. The lowest BCUT2D eigenvalue weighted by atomic mass is 10.0. The van der Waals surface area contributed by atoms with E-state index in [1.54, 1.807) is 18.3 Å². The van der Waals surface area contributed by atoms with Gasteiger partial charge in [0.1, 0.15) is 5.69 Å². The normalized spacial score (nSPS) is 11.5. The van der Waals surface area contributed by atoms with Crippen LogP contribution in [-0.2, 0) is 0 Å². The number of carbonyl (C=O) groups excluding carboxylic acids is 1. The number of nitrogens with zero attached hydrogens (tertiary/aromatic N) is 1. The Morgan fingerprint density at radius 1 is 1.24 bits per heavy atom. The molecule has 0 unspecified atom stereocenters. The molecule has 0 saturated carbocycles. The van der Waals surface area contributed by atoms with Gasteiger partial charge in [-0.3, -0.25) is 0 Å². The zero-order valence-electron chi connectivity index (χ0n) is 12.2. The number of nitrogens with one attached hydrogen (secondary N) is 2. The van der Waals surface area contributed by atoms with Crippen molar-refractivity contribution in [2.45, 2.75) is 12.8 Å². The van der Waals surface area contributed by atoms with Crippen LogP contribution in [0.2, 0.25) is 0 Å². The number of amides is 2. The Kier molecular flexibility index (Phi) is 5.15. The number of carbonyl (C=O) groups is 1. The number of aromatic nitrogens is 1. The first-order valence-corrected chi connectivity index (χ1v) is 6.79. The third-order valence-corrected chi connectivity index (χ3v) is 3.15. The van der Waals surface area contributed by atoms with Crippen LogP contribution in [0.25, 0.3) is 0 Å². The molecule has 1 atom stereocenters. The highest BCUT2D eigenvalue weighted by Crippen LogP contribution is 2.19. The molecule has 2 amide bonds. The minimum Gasteiger partial charge on any atom is -0.480 e. The molecule has 2 aromatic rings. The van der Waals surface area contributed by atoms with Crippen molar-refractivity contribution in [3.8, 4) is 5.88 Å². The zero-order chi connectivity index (χ0) is 15.1. The number of hydrogen-bond donors (Lipinski definition) is 2. The van der Waals surface area contributed by atoms with Crippen molar-refractivity contribution < 1.29 is 9.53 Å². The van der Waals surface area contributed by atoms with Gasteiger partial charge in [-0.1, -0.05) is 37.3 Å². The summed E-state index contributed by atoms with van der Waals surface area (Å²) in [6.45, 7) is 2.62. The summed E-state index contributed by atoms with van der Waals surface area (Å²) in [4.78, 5) is 15.9. The van der Waals surface area contributed by atoms with Gasteiger partial charge in [0.05, 0.1) is 7.11 Å². The first-order chi connectivity index (χ1) is 10.2. The zero-order valence-corrected chi connectivity index (χ0v) is 12.2. The molecule has 5 heteroatoms. The van der Waals surface area contributed by atoms with Crippen LogP contribution in [0, 0.1) is 0 Å². The number of methoxy groups -OCH3 is 1. The maximum absolute atomic E-state index is 11.9. The van der Waals surface area contributed by atoms with Crippen LogP contribution in [0.15, 0.2) is 48.7 Å². The molecule has 0 aliphatic rings. The largest absolute Gasteiger partial charge is 0.480 e. The highest BCUT2D eigenvalue weighted by Gasteiger charge is 2.10. The summed E-state index contributed by atoms with van der Waals surface area (Å²) < 4.78 is 5.09. The number of anilines is 1. The minimum atomic E-state index is -0.274. The molecule has 0 spiro atoms. The van der Waals surface area contributed by atoms with Gasteiger partial charge in [-0.15, -0.1) is 0 Å². The second-order valence-electron chi connectivity index (χ2n) is 4.71. The van der Waals surface area contributed by atoms with Crippen LogP contribution in [0.3, 0.4) is 0 Å². The lowest BCUT2D eigenvalue weighted by Crippen LogP contribution is -2.31. The van der Waals surface area contributed by atoms with E-state index in [0.717, 1.165) is 0 Å². The van der Waals surface area contributed by atoms with E-state index >= 15 is 0 Å². The SMILES string of the molecule is COc1ncccc1NC(=O)NC[C@@H](C)c1ccccc1. The fraction of sp³-hybridized carbons (Fsp3) is 0.250. The highest BCUT2D eigenvalue weighted by molar-refractivity contribution is 5.90. The van der Waals surface area contributed by atoms with Crippen LogP contribution in [0.1, 0.15) is 18.4 Å². The van der Waals surface area contributed by atoms with Crippen molar-refractivity contribution >= 4 is 11.7 Å². The van der Waals surface area contributed by atoms with Gasteiger partial charge in [-0.2, -0.15) is 0 Å². The van der Waals surface area contributed by atoms with Crippen molar-refractivity contribution in [2.75, 3.05) is 19.0 Å². The van der Waals surface area contributed by atoms with Gasteiger partial charge >= 0.3 is 6.03 Å². The second kappa shape index (κ2) is 7.28. The minimum absolute atomic E-state index is 0.243. The Labute approximate surface area is 124 Å². The maximum Gasteiger partial charge on any atom is 0.319 e. The number of hydrogen-bond acceptors (Lipinski definition) is 3. The molecule has 21 heavy (non-hydrogen) atoms. The molecular weight excluding hydrogens is 266 g/mol. The van der Waals surface area contributed by atoms with Gasteiger partial charge in [0, 0.05) is 12.7 Å². The molecule has 1 heterocycles. The smallest absolute Gasteiger partial charge is 0.319 e. The van der Waals surface area contributed by atoms with Gasteiger partial charge in [0.2, 0.25) is 5.88 Å². The van der Waals surface area contributed by atoms with E-state index in [2.05, 4.69) is 22.5 Å². The highest BCUT2D eigenvalue weighted by atomic mass is 16.5. The van der Waals surface area contributed by atoms with Crippen LogP contribution < -0.4 is 15.4 Å². The molecular formula is C16H19N3O2. The Morgan fingerprint density at radius 3 is 2.71 bits per heavy atom. The summed E-state index contributed by atoms with van der Waals surface area (Å²) in [6.07, 6.45) is 1.61. The number of rotatable bonds is 5. The van der Waals surface area contributed by atoms with E-state index in [4.69, 9.17) is 4.74 Å². The molecule has 0 aliphatic carbocycles. The molecule has 1 aromatic heterocycles. The van der Waals surface area contributed by atoms with Crippen molar-refractivity contribution in [1.29, 1.82) is 0 Å². The molecule has 0 radical (unpaired) electrons. The Hall–Kier alpha value is -2.56. The molecule has 5 nitrogen and oxygen atoms in total. The average Bonchev–Trinajstić information content (AvgIpc) is 2.54. The van der Waals surface area contributed by atoms with Crippen LogP contribution in [0.4, 0.5) is 10.5 Å². The van der Waals surface area contributed by atoms with Crippen molar-refractivity contribution in [2.24, 2.45) is 0 Å². The van der Waals surface area contributed by atoms with E-state index in [1.807, 2.05) is 30.3 Å².